The molecule has 4 aromatic rings. The van der Waals surface area contributed by atoms with E-state index in [2.05, 4.69) is 9.97 Å². The Labute approximate surface area is 134 Å². The van der Waals surface area contributed by atoms with E-state index in [1.165, 1.54) is 0 Å². The highest BCUT2D eigenvalue weighted by Gasteiger charge is 2.06. The zero-order chi connectivity index (χ0) is 15.5. The first kappa shape index (κ1) is 13.5. The van der Waals surface area contributed by atoms with Crippen LogP contribution in [0.15, 0.2) is 85.2 Å². The van der Waals surface area contributed by atoms with Gasteiger partial charge in [-0.25, -0.2) is 9.97 Å². The molecule has 3 aromatic carbocycles. The van der Waals surface area contributed by atoms with Gasteiger partial charge in [0.15, 0.2) is 0 Å². The number of hydrogen-bond acceptors (Lipinski definition) is 3. The maximum atomic E-state index is 5.82. The Hall–Kier alpha value is -3.20. The van der Waals surface area contributed by atoms with Crippen molar-refractivity contribution in [2.75, 3.05) is 0 Å². The maximum absolute atomic E-state index is 5.82. The predicted molar refractivity (Wildman–Crippen MR) is 91.5 cm³/mol. The number of para-hydroxylation sites is 2. The van der Waals surface area contributed by atoms with Crippen LogP contribution in [-0.4, -0.2) is 9.97 Å². The minimum atomic E-state index is 0.804. The van der Waals surface area contributed by atoms with Gasteiger partial charge in [0.2, 0.25) is 0 Å². The van der Waals surface area contributed by atoms with Crippen LogP contribution in [0.1, 0.15) is 0 Å². The zero-order valence-electron chi connectivity index (χ0n) is 12.4. The molecule has 0 fully saturated rings. The van der Waals surface area contributed by atoms with Gasteiger partial charge < -0.3 is 4.74 Å². The minimum absolute atomic E-state index is 0.804. The summed E-state index contributed by atoms with van der Waals surface area (Å²) in [4.78, 5) is 8.74. The molecule has 3 nitrogen and oxygen atoms in total. The molecule has 0 aliphatic heterocycles. The van der Waals surface area contributed by atoms with Gasteiger partial charge >= 0.3 is 0 Å². The van der Waals surface area contributed by atoms with E-state index in [0.29, 0.717) is 0 Å². The molecule has 0 bridgehead atoms. The molecule has 0 amide bonds. The SMILES string of the molecule is c1ccc(Oc2ccc(-c3ncnc4ccccc34)cc2)cc1. The lowest BCUT2D eigenvalue weighted by atomic mass is 10.1. The largest absolute Gasteiger partial charge is 0.457 e. The van der Waals surface area contributed by atoms with Gasteiger partial charge in [-0.2, -0.15) is 0 Å². The van der Waals surface area contributed by atoms with Crippen molar-refractivity contribution in [1.82, 2.24) is 9.97 Å². The summed E-state index contributed by atoms with van der Waals surface area (Å²) in [6, 6.07) is 25.7. The van der Waals surface area contributed by atoms with Crippen molar-refractivity contribution < 1.29 is 4.74 Å². The van der Waals surface area contributed by atoms with Crippen molar-refractivity contribution in [1.29, 1.82) is 0 Å². The van der Waals surface area contributed by atoms with Gasteiger partial charge in [-0.15, -0.1) is 0 Å². The quantitative estimate of drug-likeness (QED) is 0.528. The Balaban J connectivity index is 1.68. The van der Waals surface area contributed by atoms with Gasteiger partial charge in [-0.05, 0) is 42.5 Å². The molecule has 0 aliphatic rings. The minimum Gasteiger partial charge on any atom is -0.457 e. The molecule has 1 aromatic heterocycles. The molecule has 0 saturated carbocycles. The van der Waals surface area contributed by atoms with Crippen LogP contribution in [0.4, 0.5) is 0 Å². The molecule has 4 rings (SSSR count). The van der Waals surface area contributed by atoms with Crippen LogP contribution in [0.3, 0.4) is 0 Å². The Morgan fingerprint density at radius 3 is 2.13 bits per heavy atom. The number of aromatic nitrogens is 2. The number of fused-ring (bicyclic) bond motifs is 1. The normalized spacial score (nSPS) is 10.6. The molecule has 1 heterocycles. The molecule has 0 aliphatic carbocycles. The average molecular weight is 298 g/mol. The van der Waals surface area contributed by atoms with Crippen LogP contribution in [0, 0.1) is 0 Å². The first-order valence-corrected chi connectivity index (χ1v) is 7.43. The van der Waals surface area contributed by atoms with E-state index in [1.807, 2.05) is 78.9 Å². The summed E-state index contributed by atoms with van der Waals surface area (Å²) in [5.41, 5.74) is 2.92. The highest BCUT2D eigenvalue weighted by Crippen LogP contribution is 2.28. The Kier molecular flexibility index (Phi) is 3.45. The summed E-state index contributed by atoms with van der Waals surface area (Å²) in [6.45, 7) is 0. The fourth-order valence-corrected chi connectivity index (χ4v) is 2.54. The Morgan fingerprint density at radius 1 is 0.609 bits per heavy atom. The Morgan fingerprint density at radius 2 is 1.30 bits per heavy atom. The maximum Gasteiger partial charge on any atom is 0.127 e. The van der Waals surface area contributed by atoms with Crippen LogP contribution in [0.25, 0.3) is 22.2 Å². The summed E-state index contributed by atoms with van der Waals surface area (Å²) < 4.78 is 5.82. The van der Waals surface area contributed by atoms with Gasteiger partial charge in [0.05, 0.1) is 11.2 Å². The third kappa shape index (κ3) is 2.77. The second kappa shape index (κ2) is 5.89. The molecule has 0 atom stereocenters. The second-order valence-corrected chi connectivity index (χ2v) is 5.18. The van der Waals surface area contributed by atoms with Gasteiger partial charge in [0.1, 0.15) is 17.8 Å². The fraction of sp³-hybridized carbons (Fsp3) is 0. The van der Waals surface area contributed by atoms with E-state index in [0.717, 1.165) is 33.7 Å². The van der Waals surface area contributed by atoms with Gasteiger partial charge in [0.25, 0.3) is 0 Å². The molecule has 0 N–H and O–H groups in total. The first-order chi connectivity index (χ1) is 11.4. The van der Waals surface area contributed by atoms with E-state index in [9.17, 15) is 0 Å². The summed E-state index contributed by atoms with van der Waals surface area (Å²) in [6.07, 6.45) is 1.60. The number of ether oxygens (including phenoxy) is 1. The van der Waals surface area contributed by atoms with Gasteiger partial charge in [-0.1, -0.05) is 36.4 Å². The van der Waals surface area contributed by atoms with Crippen LogP contribution in [0.2, 0.25) is 0 Å². The van der Waals surface area contributed by atoms with Crippen LogP contribution < -0.4 is 4.74 Å². The topological polar surface area (TPSA) is 35.0 Å². The molecule has 0 spiro atoms. The summed E-state index contributed by atoms with van der Waals surface area (Å²) in [7, 11) is 0. The fourth-order valence-electron chi connectivity index (χ4n) is 2.54. The Bertz CT molecular complexity index is 929. The zero-order valence-corrected chi connectivity index (χ0v) is 12.4. The number of hydrogen-bond donors (Lipinski definition) is 0. The van der Waals surface area contributed by atoms with Crippen molar-refractivity contribution in [2.24, 2.45) is 0 Å². The van der Waals surface area contributed by atoms with E-state index in [4.69, 9.17) is 4.74 Å². The van der Waals surface area contributed by atoms with E-state index in [-0.39, 0.29) is 0 Å². The molecular formula is C20H14N2O. The molecule has 3 heteroatoms. The first-order valence-electron chi connectivity index (χ1n) is 7.43. The lowest BCUT2D eigenvalue weighted by Gasteiger charge is -2.08. The third-order valence-corrected chi connectivity index (χ3v) is 3.65. The van der Waals surface area contributed by atoms with Crippen molar-refractivity contribution in [3.8, 4) is 22.8 Å². The van der Waals surface area contributed by atoms with E-state index in [1.54, 1.807) is 6.33 Å². The molecule has 23 heavy (non-hydrogen) atoms. The lowest BCUT2D eigenvalue weighted by Crippen LogP contribution is -1.89. The monoisotopic (exact) mass is 298 g/mol. The van der Waals surface area contributed by atoms with Gasteiger partial charge in [-0.3, -0.25) is 0 Å². The molecular weight excluding hydrogens is 284 g/mol. The van der Waals surface area contributed by atoms with Crippen LogP contribution >= 0.6 is 0 Å². The second-order valence-electron chi connectivity index (χ2n) is 5.18. The standard InChI is InChI=1S/C20H14N2O/c1-2-6-16(7-3-1)23-17-12-10-15(11-13-17)20-18-8-4-5-9-19(18)21-14-22-20/h1-14H. The van der Waals surface area contributed by atoms with E-state index >= 15 is 0 Å². The van der Waals surface area contributed by atoms with Crippen molar-refractivity contribution in [3.63, 3.8) is 0 Å². The number of benzene rings is 3. The van der Waals surface area contributed by atoms with Crippen molar-refractivity contribution in [3.05, 3.63) is 85.2 Å². The van der Waals surface area contributed by atoms with Crippen LogP contribution in [0.5, 0.6) is 11.5 Å². The summed E-state index contributed by atoms with van der Waals surface area (Å²) in [5, 5.41) is 1.05. The molecule has 0 unspecified atom stereocenters. The summed E-state index contributed by atoms with van der Waals surface area (Å²) >= 11 is 0. The highest BCUT2D eigenvalue weighted by molar-refractivity contribution is 5.91. The summed E-state index contributed by atoms with van der Waals surface area (Å²) in [5.74, 6) is 1.63. The number of rotatable bonds is 3. The van der Waals surface area contributed by atoms with E-state index < -0.39 is 0 Å². The highest BCUT2D eigenvalue weighted by atomic mass is 16.5. The van der Waals surface area contributed by atoms with Crippen molar-refractivity contribution >= 4 is 10.9 Å². The van der Waals surface area contributed by atoms with Crippen LogP contribution in [-0.2, 0) is 0 Å². The van der Waals surface area contributed by atoms with Gasteiger partial charge in [0, 0.05) is 10.9 Å². The molecule has 0 radical (unpaired) electrons. The smallest absolute Gasteiger partial charge is 0.127 e. The molecule has 0 saturated heterocycles. The predicted octanol–water partition coefficient (Wildman–Crippen LogP) is 5.09. The third-order valence-electron chi connectivity index (χ3n) is 3.65. The molecule has 110 valence electrons. The van der Waals surface area contributed by atoms with Crippen molar-refractivity contribution in [2.45, 2.75) is 0 Å². The lowest BCUT2D eigenvalue weighted by molar-refractivity contribution is 0.483. The number of nitrogens with zero attached hydrogens (tertiary/aromatic N) is 2. The average Bonchev–Trinajstić information content (AvgIpc) is 2.63.